The first-order valence-corrected chi connectivity index (χ1v) is 9.98. The first-order valence-electron chi connectivity index (χ1n) is 8.50. The summed E-state index contributed by atoms with van der Waals surface area (Å²) in [5.74, 6) is -1.15. The van der Waals surface area contributed by atoms with Crippen LogP contribution in [0.3, 0.4) is 0 Å². The van der Waals surface area contributed by atoms with Crippen molar-refractivity contribution in [2.24, 2.45) is 4.99 Å². The summed E-state index contributed by atoms with van der Waals surface area (Å²) >= 11 is 0. The summed E-state index contributed by atoms with van der Waals surface area (Å²) in [6.07, 6.45) is -1.03. The van der Waals surface area contributed by atoms with Gasteiger partial charge in [0, 0.05) is 11.3 Å². The van der Waals surface area contributed by atoms with E-state index in [1.165, 1.54) is 13.0 Å². The van der Waals surface area contributed by atoms with E-state index in [-0.39, 0.29) is 10.7 Å². The zero-order chi connectivity index (χ0) is 20.3. The van der Waals surface area contributed by atoms with Crippen molar-refractivity contribution in [1.29, 1.82) is 0 Å². The summed E-state index contributed by atoms with van der Waals surface area (Å²) in [5.41, 5.74) is 1.98. The normalized spacial score (nSPS) is 16.7. The largest absolute Gasteiger partial charge is 0.451 e. The van der Waals surface area contributed by atoms with Gasteiger partial charge in [0.1, 0.15) is 12.4 Å². The number of sulfonamides is 1. The molecule has 0 unspecified atom stereocenters. The number of benzene rings is 2. The summed E-state index contributed by atoms with van der Waals surface area (Å²) in [4.78, 5) is 28.3. The van der Waals surface area contributed by atoms with Gasteiger partial charge in [-0.05, 0) is 43.7 Å². The molecular formula is C19H19N3O5S. The number of aliphatic imine (C=N–C) groups is 1. The van der Waals surface area contributed by atoms with Crippen molar-refractivity contribution in [2.45, 2.75) is 24.8 Å². The lowest BCUT2D eigenvalue weighted by Crippen LogP contribution is -2.31. The van der Waals surface area contributed by atoms with E-state index in [1.54, 1.807) is 36.4 Å². The molecule has 146 valence electrons. The molecular weight excluding hydrogens is 382 g/mol. The molecule has 0 radical (unpaired) electrons. The van der Waals surface area contributed by atoms with E-state index in [4.69, 9.17) is 4.74 Å². The van der Waals surface area contributed by atoms with Crippen LogP contribution in [0.1, 0.15) is 18.1 Å². The third-order valence-electron chi connectivity index (χ3n) is 3.99. The minimum atomic E-state index is -3.67. The van der Waals surface area contributed by atoms with Gasteiger partial charge in [-0.1, -0.05) is 24.3 Å². The summed E-state index contributed by atoms with van der Waals surface area (Å²) in [7, 11) is -3.67. The monoisotopic (exact) mass is 401 g/mol. The molecule has 0 saturated carbocycles. The second-order valence-corrected chi connectivity index (χ2v) is 7.91. The minimum absolute atomic E-state index is 0.0735. The predicted molar refractivity (Wildman–Crippen MR) is 104 cm³/mol. The van der Waals surface area contributed by atoms with Gasteiger partial charge >= 0.3 is 5.97 Å². The van der Waals surface area contributed by atoms with Crippen molar-refractivity contribution in [3.05, 3.63) is 59.7 Å². The summed E-state index contributed by atoms with van der Waals surface area (Å²) in [6.45, 7) is 2.92. The Hall–Kier alpha value is -3.20. The van der Waals surface area contributed by atoms with Crippen molar-refractivity contribution >= 4 is 33.4 Å². The van der Waals surface area contributed by atoms with E-state index in [2.05, 4.69) is 15.0 Å². The quantitative estimate of drug-likeness (QED) is 0.739. The van der Waals surface area contributed by atoms with Crippen molar-refractivity contribution in [2.75, 3.05) is 11.9 Å². The Balaban J connectivity index is 1.60. The highest BCUT2D eigenvalue weighted by molar-refractivity contribution is 7.90. The SMILES string of the molecule is Cc1cccc(NC(=O)[C@H](C)OC(=O)CN=C2NS(=O)(=O)c3ccccc32)c1. The number of esters is 1. The fraction of sp³-hybridized carbons (Fsp3) is 0.211. The van der Waals surface area contributed by atoms with Crippen molar-refractivity contribution in [3.8, 4) is 0 Å². The maximum atomic E-state index is 12.2. The number of fused-ring (bicyclic) bond motifs is 1. The molecule has 2 aromatic carbocycles. The molecule has 28 heavy (non-hydrogen) atoms. The number of nitrogens with one attached hydrogen (secondary N) is 2. The minimum Gasteiger partial charge on any atom is -0.451 e. The Morgan fingerprint density at radius 2 is 1.93 bits per heavy atom. The second kappa shape index (κ2) is 7.81. The smallest absolute Gasteiger partial charge is 0.328 e. The van der Waals surface area contributed by atoms with E-state index in [0.717, 1.165) is 5.56 Å². The van der Waals surface area contributed by atoms with Crippen LogP contribution in [-0.4, -0.2) is 38.8 Å². The molecule has 1 aliphatic rings. The van der Waals surface area contributed by atoms with Crippen LogP contribution >= 0.6 is 0 Å². The molecule has 9 heteroatoms. The van der Waals surface area contributed by atoms with Crippen LogP contribution in [0.5, 0.6) is 0 Å². The number of nitrogens with zero attached hydrogens (tertiary/aromatic N) is 1. The number of hydrogen-bond acceptors (Lipinski definition) is 6. The van der Waals surface area contributed by atoms with Crippen molar-refractivity contribution in [1.82, 2.24) is 4.72 Å². The average Bonchev–Trinajstić information content (AvgIpc) is 2.91. The van der Waals surface area contributed by atoms with Crippen LogP contribution in [0.2, 0.25) is 0 Å². The molecule has 1 aliphatic heterocycles. The molecule has 0 fully saturated rings. The number of ether oxygens (including phenoxy) is 1. The van der Waals surface area contributed by atoms with E-state index in [9.17, 15) is 18.0 Å². The van der Waals surface area contributed by atoms with Gasteiger partial charge in [-0.25, -0.2) is 8.42 Å². The molecule has 2 N–H and O–H groups in total. The number of carbonyl (C=O) groups excluding carboxylic acids is 2. The van der Waals surface area contributed by atoms with Gasteiger partial charge in [-0.15, -0.1) is 0 Å². The van der Waals surface area contributed by atoms with E-state index >= 15 is 0 Å². The maximum absolute atomic E-state index is 12.2. The molecule has 3 rings (SSSR count). The molecule has 0 saturated heterocycles. The Labute approximate surface area is 162 Å². The summed E-state index contributed by atoms with van der Waals surface area (Å²) in [6, 6.07) is 13.5. The zero-order valence-electron chi connectivity index (χ0n) is 15.3. The summed E-state index contributed by atoms with van der Waals surface area (Å²) < 4.78 is 31.4. The highest BCUT2D eigenvalue weighted by Gasteiger charge is 2.30. The van der Waals surface area contributed by atoms with E-state index < -0.39 is 34.5 Å². The van der Waals surface area contributed by atoms with Crippen LogP contribution in [0.4, 0.5) is 5.69 Å². The number of carbonyl (C=O) groups is 2. The standard InChI is InChI=1S/C19H19N3O5S/c1-12-6-5-7-14(10-12)21-19(24)13(2)27-17(23)11-20-18-15-8-3-4-9-16(15)28(25,26)22-18/h3-10,13H,11H2,1-2H3,(H,20,22)(H,21,24)/t13-/m0/s1. The first kappa shape index (κ1) is 19.6. The van der Waals surface area contributed by atoms with Gasteiger partial charge in [0.15, 0.2) is 6.10 Å². The van der Waals surface area contributed by atoms with E-state index in [1.807, 2.05) is 13.0 Å². The van der Waals surface area contributed by atoms with Crippen LogP contribution in [0.25, 0.3) is 0 Å². The number of aryl methyl sites for hydroxylation is 1. The van der Waals surface area contributed by atoms with Crippen LogP contribution in [0, 0.1) is 6.92 Å². The fourth-order valence-corrected chi connectivity index (χ4v) is 3.90. The van der Waals surface area contributed by atoms with Crippen molar-refractivity contribution in [3.63, 3.8) is 0 Å². The average molecular weight is 401 g/mol. The fourth-order valence-electron chi connectivity index (χ4n) is 2.65. The van der Waals surface area contributed by atoms with Gasteiger partial charge < -0.3 is 10.1 Å². The third kappa shape index (κ3) is 4.37. The molecule has 1 heterocycles. The third-order valence-corrected chi connectivity index (χ3v) is 5.39. The zero-order valence-corrected chi connectivity index (χ0v) is 16.1. The van der Waals surface area contributed by atoms with Gasteiger partial charge in [0.05, 0.1) is 4.90 Å². The Bertz CT molecular complexity index is 1060. The molecule has 2 aromatic rings. The number of anilines is 1. The second-order valence-electron chi connectivity index (χ2n) is 6.26. The lowest BCUT2D eigenvalue weighted by Gasteiger charge is -2.13. The van der Waals surface area contributed by atoms with Gasteiger partial charge in [-0.3, -0.25) is 19.3 Å². The number of amidine groups is 1. The molecule has 8 nitrogen and oxygen atoms in total. The highest BCUT2D eigenvalue weighted by Crippen LogP contribution is 2.22. The van der Waals surface area contributed by atoms with Gasteiger partial charge in [0.25, 0.3) is 15.9 Å². The van der Waals surface area contributed by atoms with Crippen LogP contribution in [0.15, 0.2) is 58.4 Å². The number of rotatable bonds is 5. The molecule has 1 atom stereocenters. The molecule has 0 aliphatic carbocycles. The van der Waals surface area contributed by atoms with Crippen LogP contribution < -0.4 is 10.0 Å². The summed E-state index contributed by atoms with van der Waals surface area (Å²) in [5, 5.41) is 2.67. The van der Waals surface area contributed by atoms with Crippen molar-refractivity contribution < 1.29 is 22.7 Å². The Kier molecular flexibility index (Phi) is 5.46. The number of amides is 1. The van der Waals surface area contributed by atoms with Gasteiger partial charge in [-0.2, -0.15) is 0 Å². The number of hydrogen-bond donors (Lipinski definition) is 2. The van der Waals surface area contributed by atoms with Crippen LogP contribution in [-0.2, 0) is 24.3 Å². The molecule has 1 amide bonds. The first-order chi connectivity index (χ1) is 13.3. The molecule has 0 bridgehead atoms. The Morgan fingerprint density at radius 1 is 1.18 bits per heavy atom. The lowest BCUT2D eigenvalue weighted by atomic mass is 10.2. The van der Waals surface area contributed by atoms with Gasteiger partial charge in [0.2, 0.25) is 0 Å². The Morgan fingerprint density at radius 3 is 2.68 bits per heavy atom. The maximum Gasteiger partial charge on any atom is 0.328 e. The molecule has 0 aromatic heterocycles. The highest BCUT2D eigenvalue weighted by atomic mass is 32.2. The molecule has 0 spiro atoms. The topological polar surface area (TPSA) is 114 Å². The van der Waals surface area contributed by atoms with E-state index in [0.29, 0.717) is 11.3 Å². The predicted octanol–water partition coefficient (Wildman–Crippen LogP) is 1.60. The lowest BCUT2D eigenvalue weighted by molar-refractivity contribution is -0.151.